The third-order valence-electron chi connectivity index (χ3n) is 5.56. The molecule has 1 atom stereocenters. The highest BCUT2D eigenvalue weighted by Gasteiger charge is 2.24. The Labute approximate surface area is 200 Å². The average Bonchev–Trinajstić information content (AvgIpc) is 3.34. The van der Waals surface area contributed by atoms with E-state index in [0.29, 0.717) is 33.2 Å². The number of anilines is 1. The van der Waals surface area contributed by atoms with Gasteiger partial charge in [0.2, 0.25) is 5.91 Å². The summed E-state index contributed by atoms with van der Waals surface area (Å²) in [7, 11) is 3.46. The Balaban J connectivity index is 1.33. The standard InChI is InChI=1S/C23H25N5O3S2/c1-14-4-9-17-18(11-24)22(33-19(17)10-14)25-21(29)13-32-23-27-26-20(28(23)2)12-31-16-7-5-15(30-3)6-8-16/h5-8,14H,4,9-10,12-13H2,1-3H3,(H,25,29). The van der Waals surface area contributed by atoms with Gasteiger partial charge in [-0.05, 0) is 55.0 Å². The van der Waals surface area contributed by atoms with E-state index in [4.69, 9.17) is 9.47 Å². The zero-order chi connectivity index (χ0) is 23.4. The fourth-order valence-electron chi connectivity index (χ4n) is 3.67. The van der Waals surface area contributed by atoms with Crippen molar-refractivity contribution >= 4 is 34.0 Å². The minimum absolute atomic E-state index is 0.165. The molecule has 172 valence electrons. The van der Waals surface area contributed by atoms with Crippen molar-refractivity contribution in [1.82, 2.24) is 14.8 Å². The van der Waals surface area contributed by atoms with Gasteiger partial charge in [-0.3, -0.25) is 4.79 Å². The summed E-state index contributed by atoms with van der Waals surface area (Å²) in [5.74, 6) is 2.74. The van der Waals surface area contributed by atoms with Crippen molar-refractivity contribution in [3.63, 3.8) is 0 Å². The smallest absolute Gasteiger partial charge is 0.235 e. The molecule has 2 aromatic heterocycles. The molecule has 3 aromatic rings. The molecule has 2 heterocycles. The zero-order valence-electron chi connectivity index (χ0n) is 18.8. The average molecular weight is 484 g/mol. The number of hydrogen-bond donors (Lipinski definition) is 1. The molecular weight excluding hydrogens is 458 g/mol. The third kappa shape index (κ3) is 5.31. The molecule has 0 saturated carbocycles. The summed E-state index contributed by atoms with van der Waals surface area (Å²) in [5, 5.41) is 22.2. The molecule has 1 N–H and O–H groups in total. The van der Waals surface area contributed by atoms with Crippen molar-refractivity contribution in [1.29, 1.82) is 5.26 Å². The molecule has 1 unspecified atom stereocenters. The number of thiophene rings is 1. The fraction of sp³-hybridized carbons (Fsp3) is 0.391. The number of ether oxygens (including phenoxy) is 2. The second-order valence-corrected chi connectivity index (χ2v) is 9.97. The van der Waals surface area contributed by atoms with Crippen LogP contribution in [0, 0.1) is 17.2 Å². The Bertz CT molecular complexity index is 1180. The van der Waals surface area contributed by atoms with E-state index in [0.717, 1.165) is 30.6 Å². The van der Waals surface area contributed by atoms with Gasteiger partial charge in [-0.15, -0.1) is 21.5 Å². The van der Waals surface area contributed by atoms with Crippen LogP contribution in [-0.2, 0) is 31.3 Å². The van der Waals surface area contributed by atoms with Crippen LogP contribution in [-0.4, -0.2) is 33.5 Å². The van der Waals surface area contributed by atoms with Gasteiger partial charge in [-0.25, -0.2) is 0 Å². The van der Waals surface area contributed by atoms with E-state index in [1.165, 1.54) is 28.0 Å². The van der Waals surface area contributed by atoms with Crippen LogP contribution in [0.15, 0.2) is 29.4 Å². The maximum atomic E-state index is 12.6. The molecular formula is C23H25N5O3S2. The Hall–Kier alpha value is -3.03. The fourth-order valence-corrected chi connectivity index (χ4v) is 5.77. The Kier molecular flexibility index (Phi) is 7.20. The van der Waals surface area contributed by atoms with Gasteiger partial charge in [-0.1, -0.05) is 18.7 Å². The number of carbonyl (C=O) groups is 1. The Morgan fingerprint density at radius 3 is 2.82 bits per heavy atom. The van der Waals surface area contributed by atoms with Gasteiger partial charge in [-0.2, -0.15) is 5.26 Å². The first-order valence-electron chi connectivity index (χ1n) is 10.6. The van der Waals surface area contributed by atoms with Crippen LogP contribution < -0.4 is 14.8 Å². The lowest BCUT2D eigenvalue weighted by atomic mass is 9.89. The summed E-state index contributed by atoms with van der Waals surface area (Å²) in [4.78, 5) is 13.8. The zero-order valence-corrected chi connectivity index (χ0v) is 20.4. The van der Waals surface area contributed by atoms with Crippen LogP contribution in [0.2, 0.25) is 0 Å². The lowest BCUT2D eigenvalue weighted by Gasteiger charge is -2.17. The van der Waals surface area contributed by atoms with Crippen LogP contribution in [0.4, 0.5) is 5.00 Å². The summed E-state index contributed by atoms with van der Waals surface area (Å²) in [6.45, 7) is 2.48. The van der Waals surface area contributed by atoms with Gasteiger partial charge in [0, 0.05) is 11.9 Å². The van der Waals surface area contributed by atoms with E-state index in [1.807, 2.05) is 35.9 Å². The molecule has 10 heteroatoms. The monoisotopic (exact) mass is 483 g/mol. The quantitative estimate of drug-likeness (QED) is 0.479. The summed E-state index contributed by atoms with van der Waals surface area (Å²) >= 11 is 2.83. The molecule has 1 amide bonds. The topological polar surface area (TPSA) is 102 Å². The van der Waals surface area contributed by atoms with Crippen LogP contribution in [0.3, 0.4) is 0 Å². The maximum absolute atomic E-state index is 12.6. The normalized spacial score (nSPS) is 14.9. The van der Waals surface area contributed by atoms with Crippen molar-refractivity contribution in [3.05, 3.63) is 46.1 Å². The number of nitriles is 1. The van der Waals surface area contributed by atoms with Gasteiger partial charge in [0.25, 0.3) is 0 Å². The lowest BCUT2D eigenvalue weighted by Crippen LogP contribution is -2.14. The molecule has 1 aromatic carbocycles. The number of benzene rings is 1. The number of rotatable bonds is 8. The first kappa shape index (κ1) is 23.1. The van der Waals surface area contributed by atoms with Gasteiger partial charge < -0.3 is 19.4 Å². The van der Waals surface area contributed by atoms with E-state index in [9.17, 15) is 10.1 Å². The number of hydrogen-bond acceptors (Lipinski definition) is 8. The van der Waals surface area contributed by atoms with Gasteiger partial charge in [0.05, 0.1) is 18.4 Å². The molecule has 4 rings (SSSR count). The lowest BCUT2D eigenvalue weighted by molar-refractivity contribution is -0.113. The van der Waals surface area contributed by atoms with Crippen molar-refractivity contribution < 1.29 is 14.3 Å². The van der Waals surface area contributed by atoms with E-state index >= 15 is 0 Å². The van der Waals surface area contributed by atoms with Crippen molar-refractivity contribution in [2.24, 2.45) is 13.0 Å². The number of carbonyl (C=O) groups excluding carboxylic acids is 1. The second-order valence-electron chi connectivity index (χ2n) is 7.93. The highest BCUT2D eigenvalue weighted by molar-refractivity contribution is 7.99. The highest BCUT2D eigenvalue weighted by Crippen LogP contribution is 2.39. The molecule has 0 spiro atoms. The number of aromatic nitrogens is 3. The summed E-state index contributed by atoms with van der Waals surface area (Å²) < 4.78 is 12.7. The number of fused-ring (bicyclic) bond motifs is 1. The highest BCUT2D eigenvalue weighted by atomic mass is 32.2. The molecule has 0 bridgehead atoms. The second kappa shape index (κ2) is 10.3. The molecule has 0 radical (unpaired) electrons. The Morgan fingerprint density at radius 2 is 2.09 bits per heavy atom. The summed E-state index contributed by atoms with van der Waals surface area (Å²) in [5.41, 5.74) is 1.73. The molecule has 1 aliphatic rings. The van der Waals surface area contributed by atoms with E-state index in [1.54, 1.807) is 7.11 Å². The summed E-state index contributed by atoms with van der Waals surface area (Å²) in [6, 6.07) is 9.60. The Morgan fingerprint density at radius 1 is 1.33 bits per heavy atom. The van der Waals surface area contributed by atoms with E-state index < -0.39 is 0 Å². The van der Waals surface area contributed by atoms with Crippen molar-refractivity contribution in [3.8, 4) is 17.6 Å². The number of nitrogens with zero attached hydrogens (tertiary/aromatic N) is 4. The predicted molar refractivity (Wildman–Crippen MR) is 128 cm³/mol. The van der Waals surface area contributed by atoms with Crippen LogP contribution >= 0.6 is 23.1 Å². The predicted octanol–water partition coefficient (Wildman–Crippen LogP) is 4.19. The largest absolute Gasteiger partial charge is 0.497 e. The van der Waals surface area contributed by atoms with Crippen molar-refractivity contribution in [2.45, 2.75) is 37.9 Å². The van der Waals surface area contributed by atoms with Crippen LogP contribution in [0.5, 0.6) is 11.5 Å². The molecule has 0 saturated heterocycles. The number of methoxy groups -OCH3 is 1. The molecule has 0 fully saturated rings. The van der Waals surface area contributed by atoms with E-state index in [-0.39, 0.29) is 18.3 Å². The van der Waals surface area contributed by atoms with Crippen molar-refractivity contribution in [2.75, 3.05) is 18.2 Å². The van der Waals surface area contributed by atoms with Gasteiger partial charge in [0.15, 0.2) is 11.0 Å². The minimum Gasteiger partial charge on any atom is -0.497 e. The van der Waals surface area contributed by atoms with Crippen LogP contribution in [0.1, 0.15) is 35.2 Å². The van der Waals surface area contributed by atoms with Gasteiger partial charge >= 0.3 is 0 Å². The first-order chi connectivity index (χ1) is 16.0. The number of amides is 1. The third-order valence-corrected chi connectivity index (χ3v) is 7.75. The molecule has 8 nitrogen and oxygen atoms in total. The SMILES string of the molecule is COc1ccc(OCc2nnc(SCC(=O)Nc3sc4c(c3C#N)CCC(C)C4)n2C)cc1. The number of nitrogens with one attached hydrogen (secondary N) is 1. The number of thioether (sulfide) groups is 1. The molecule has 1 aliphatic carbocycles. The maximum Gasteiger partial charge on any atom is 0.235 e. The molecule has 0 aliphatic heterocycles. The van der Waals surface area contributed by atoms with Crippen LogP contribution in [0.25, 0.3) is 0 Å². The van der Waals surface area contributed by atoms with E-state index in [2.05, 4.69) is 28.5 Å². The minimum atomic E-state index is -0.165. The first-order valence-corrected chi connectivity index (χ1v) is 12.4. The van der Waals surface area contributed by atoms with Gasteiger partial charge in [0.1, 0.15) is 29.2 Å². The molecule has 33 heavy (non-hydrogen) atoms. The summed E-state index contributed by atoms with van der Waals surface area (Å²) in [6.07, 6.45) is 2.96.